The molecule has 0 amide bonds. The minimum Gasteiger partial charge on any atom is -0.393 e. The molecule has 0 fully saturated rings. The van der Waals surface area contributed by atoms with Crippen LogP contribution in [0.1, 0.15) is 32.4 Å². The molecule has 0 bridgehead atoms. The quantitative estimate of drug-likeness (QED) is 0.855. The van der Waals surface area contributed by atoms with Crippen LogP contribution in [0, 0.1) is 12.3 Å². The normalized spacial score (nSPS) is 11.9. The smallest absolute Gasteiger partial charge is 0.276 e. The summed E-state index contributed by atoms with van der Waals surface area (Å²) in [6.07, 6.45) is 5.30. The number of hydrogen-bond donors (Lipinski definition) is 1. The summed E-state index contributed by atoms with van der Waals surface area (Å²) in [5, 5.41) is 4.23. The first-order chi connectivity index (χ1) is 9.31. The van der Waals surface area contributed by atoms with E-state index in [1.807, 2.05) is 27.0 Å². The number of fused-ring (bicyclic) bond motifs is 1. The molecule has 0 radical (unpaired) electrons. The maximum atomic E-state index is 12.3. The Labute approximate surface area is 123 Å². The molecule has 0 atom stereocenters. The molecule has 0 saturated carbocycles. The number of aromatic nitrogens is 3. The van der Waals surface area contributed by atoms with Crippen molar-refractivity contribution in [3.8, 4) is 0 Å². The third-order valence-corrected chi connectivity index (χ3v) is 4.15. The van der Waals surface area contributed by atoms with Crippen LogP contribution in [0.2, 0.25) is 0 Å². The van der Waals surface area contributed by atoms with Gasteiger partial charge in [-0.25, -0.2) is 4.52 Å². The number of nitrogens with two attached hydrogens (primary N) is 1. The predicted molar refractivity (Wildman–Crippen MR) is 84.0 cm³/mol. The van der Waals surface area contributed by atoms with Gasteiger partial charge in [-0.15, -0.1) is 0 Å². The molecule has 0 aliphatic heterocycles. The summed E-state index contributed by atoms with van der Waals surface area (Å²) in [5.74, 6) is 0. The average Bonchev–Trinajstić information content (AvgIpc) is 2.73. The Morgan fingerprint density at radius 1 is 1.45 bits per heavy atom. The predicted octanol–water partition coefficient (Wildman–Crippen LogP) is 1.90. The number of aryl methyl sites for hydroxylation is 2. The zero-order chi connectivity index (χ0) is 14.9. The van der Waals surface area contributed by atoms with Crippen molar-refractivity contribution in [2.24, 2.45) is 11.1 Å². The highest BCUT2D eigenvalue weighted by atomic mass is 32.1. The molecule has 2 aromatic rings. The summed E-state index contributed by atoms with van der Waals surface area (Å²) in [5.41, 5.74) is 6.98. The van der Waals surface area contributed by atoms with Gasteiger partial charge in [-0.1, -0.05) is 26.1 Å². The van der Waals surface area contributed by atoms with Crippen LogP contribution < -0.4 is 11.3 Å². The zero-order valence-electron chi connectivity index (χ0n) is 12.1. The maximum absolute atomic E-state index is 12.3. The molecule has 108 valence electrons. The van der Waals surface area contributed by atoms with E-state index in [1.165, 1.54) is 0 Å². The second kappa shape index (κ2) is 5.36. The second-order valence-corrected chi connectivity index (χ2v) is 6.20. The highest BCUT2D eigenvalue weighted by molar-refractivity contribution is 7.80. The lowest BCUT2D eigenvalue weighted by atomic mass is 9.88. The van der Waals surface area contributed by atoms with Crippen LogP contribution in [-0.2, 0) is 6.54 Å². The lowest BCUT2D eigenvalue weighted by Crippen LogP contribution is -2.30. The third-order valence-electron chi connectivity index (χ3n) is 3.59. The lowest BCUT2D eigenvalue weighted by Gasteiger charge is -2.22. The highest BCUT2D eigenvalue weighted by Crippen LogP contribution is 2.22. The maximum Gasteiger partial charge on any atom is 0.276 e. The van der Waals surface area contributed by atoms with Gasteiger partial charge in [0.05, 0.1) is 10.7 Å². The SMILES string of the molecule is Cc1cc2c(=O)n(CCCC(C)(C)C(N)=S)ccn2n1. The molecule has 0 unspecified atom stereocenters. The van der Waals surface area contributed by atoms with Crippen molar-refractivity contribution >= 4 is 22.7 Å². The number of rotatable bonds is 5. The Kier molecular flexibility index (Phi) is 3.94. The van der Waals surface area contributed by atoms with Crippen molar-refractivity contribution in [3.63, 3.8) is 0 Å². The summed E-state index contributed by atoms with van der Waals surface area (Å²) in [6, 6.07) is 1.80. The molecule has 6 heteroatoms. The minimum absolute atomic E-state index is 0.0127. The highest BCUT2D eigenvalue weighted by Gasteiger charge is 2.20. The van der Waals surface area contributed by atoms with E-state index < -0.39 is 0 Å². The molecule has 2 N–H and O–H groups in total. The number of thiocarbonyl (C=S) groups is 1. The van der Waals surface area contributed by atoms with Crippen molar-refractivity contribution in [1.82, 2.24) is 14.2 Å². The van der Waals surface area contributed by atoms with Crippen LogP contribution in [0.5, 0.6) is 0 Å². The molecule has 5 nitrogen and oxygen atoms in total. The van der Waals surface area contributed by atoms with Crippen molar-refractivity contribution in [2.75, 3.05) is 0 Å². The van der Waals surface area contributed by atoms with Gasteiger partial charge in [-0.3, -0.25) is 4.79 Å². The van der Waals surface area contributed by atoms with Gasteiger partial charge >= 0.3 is 0 Å². The van der Waals surface area contributed by atoms with E-state index in [0.29, 0.717) is 17.0 Å². The van der Waals surface area contributed by atoms with Crippen LogP contribution in [0.25, 0.3) is 5.52 Å². The summed E-state index contributed by atoms with van der Waals surface area (Å²) in [4.78, 5) is 12.8. The molecular weight excluding hydrogens is 272 g/mol. The van der Waals surface area contributed by atoms with E-state index in [0.717, 1.165) is 18.5 Å². The molecular formula is C14H20N4OS. The summed E-state index contributed by atoms with van der Waals surface area (Å²) in [7, 11) is 0. The Bertz CT molecular complexity index is 699. The molecule has 0 spiro atoms. The topological polar surface area (TPSA) is 65.3 Å². The van der Waals surface area contributed by atoms with Crippen LogP contribution >= 0.6 is 12.2 Å². The van der Waals surface area contributed by atoms with E-state index in [9.17, 15) is 4.79 Å². The fourth-order valence-electron chi connectivity index (χ4n) is 2.14. The van der Waals surface area contributed by atoms with Crippen molar-refractivity contribution < 1.29 is 0 Å². The molecule has 2 aromatic heterocycles. The molecule has 2 heterocycles. The molecule has 20 heavy (non-hydrogen) atoms. The van der Waals surface area contributed by atoms with Crippen LogP contribution in [0.3, 0.4) is 0 Å². The van der Waals surface area contributed by atoms with E-state index in [1.54, 1.807) is 21.3 Å². The van der Waals surface area contributed by atoms with Crippen LogP contribution in [0.15, 0.2) is 23.3 Å². The number of hydrogen-bond acceptors (Lipinski definition) is 3. The number of nitrogens with zero attached hydrogens (tertiary/aromatic N) is 3. The van der Waals surface area contributed by atoms with Gasteiger partial charge in [-0.2, -0.15) is 5.10 Å². The first kappa shape index (κ1) is 14.7. The second-order valence-electron chi connectivity index (χ2n) is 5.76. The monoisotopic (exact) mass is 292 g/mol. The van der Waals surface area contributed by atoms with Gasteiger partial charge in [0.25, 0.3) is 5.56 Å². The minimum atomic E-state index is -0.170. The van der Waals surface area contributed by atoms with Crippen molar-refractivity contribution in [3.05, 3.63) is 34.5 Å². The Hall–Kier alpha value is -1.69. The molecule has 0 aliphatic rings. The first-order valence-electron chi connectivity index (χ1n) is 6.66. The standard InChI is InChI=1S/C14H20N4OS/c1-10-9-11-12(19)17(7-8-18(11)16-10)6-4-5-14(2,3)13(15)20/h7-9H,4-6H2,1-3H3,(H2,15,20). The van der Waals surface area contributed by atoms with Crippen LogP contribution in [-0.4, -0.2) is 19.2 Å². The molecule has 2 rings (SSSR count). The Morgan fingerprint density at radius 2 is 2.15 bits per heavy atom. The van der Waals surface area contributed by atoms with Gasteiger partial charge in [0, 0.05) is 24.4 Å². The Morgan fingerprint density at radius 3 is 2.80 bits per heavy atom. The van der Waals surface area contributed by atoms with E-state index in [4.69, 9.17) is 18.0 Å². The average molecular weight is 292 g/mol. The van der Waals surface area contributed by atoms with Gasteiger partial charge in [0.1, 0.15) is 5.52 Å². The van der Waals surface area contributed by atoms with Crippen molar-refractivity contribution in [1.29, 1.82) is 0 Å². The van der Waals surface area contributed by atoms with Crippen LogP contribution in [0.4, 0.5) is 0 Å². The molecule has 0 saturated heterocycles. The van der Waals surface area contributed by atoms with E-state index in [2.05, 4.69) is 5.10 Å². The fourth-order valence-corrected chi connectivity index (χ4v) is 2.24. The third kappa shape index (κ3) is 2.90. The van der Waals surface area contributed by atoms with Crippen molar-refractivity contribution in [2.45, 2.75) is 40.2 Å². The van der Waals surface area contributed by atoms with E-state index >= 15 is 0 Å². The van der Waals surface area contributed by atoms with E-state index in [-0.39, 0.29) is 11.0 Å². The largest absolute Gasteiger partial charge is 0.393 e. The van der Waals surface area contributed by atoms with Gasteiger partial charge < -0.3 is 10.3 Å². The van der Waals surface area contributed by atoms with Gasteiger partial charge in [0.15, 0.2) is 0 Å². The van der Waals surface area contributed by atoms with Gasteiger partial charge in [0.2, 0.25) is 0 Å². The molecule has 0 aromatic carbocycles. The first-order valence-corrected chi connectivity index (χ1v) is 7.07. The lowest BCUT2D eigenvalue weighted by molar-refractivity contribution is 0.433. The summed E-state index contributed by atoms with van der Waals surface area (Å²) >= 11 is 5.05. The zero-order valence-corrected chi connectivity index (χ0v) is 12.9. The fraction of sp³-hybridized carbons (Fsp3) is 0.500. The van der Waals surface area contributed by atoms with Gasteiger partial charge in [-0.05, 0) is 25.8 Å². The molecule has 0 aliphatic carbocycles. The summed E-state index contributed by atoms with van der Waals surface area (Å²) < 4.78 is 3.33. The Balaban J connectivity index is 2.13. The summed E-state index contributed by atoms with van der Waals surface area (Å²) in [6.45, 7) is 6.59.